The quantitative estimate of drug-likeness (QED) is 0.393. The molecule has 1 aromatic carbocycles. The summed E-state index contributed by atoms with van der Waals surface area (Å²) in [5.74, 6) is -0.398. The van der Waals surface area contributed by atoms with Gasteiger partial charge >= 0.3 is 6.61 Å². The molecule has 178 valence electrons. The van der Waals surface area contributed by atoms with Crippen molar-refractivity contribution in [2.45, 2.75) is 25.0 Å². The van der Waals surface area contributed by atoms with Gasteiger partial charge in [-0.3, -0.25) is 9.48 Å². The van der Waals surface area contributed by atoms with E-state index in [1.54, 1.807) is 17.8 Å². The first kappa shape index (κ1) is 22.2. The number of H-pyrrole nitrogens is 1. The number of amides is 1. The number of benzene rings is 1. The van der Waals surface area contributed by atoms with Crippen LogP contribution in [0, 0.1) is 0 Å². The summed E-state index contributed by atoms with van der Waals surface area (Å²) in [6, 6.07) is 4.54. The Morgan fingerprint density at radius 3 is 2.91 bits per heavy atom. The van der Waals surface area contributed by atoms with E-state index in [1.165, 1.54) is 24.5 Å². The van der Waals surface area contributed by atoms with Crippen molar-refractivity contribution in [1.29, 1.82) is 0 Å². The molecule has 1 amide bonds. The molecule has 0 unspecified atom stereocenters. The van der Waals surface area contributed by atoms with Crippen molar-refractivity contribution >= 4 is 28.0 Å². The number of aryl methyl sites for hydroxylation is 1. The number of rotatable bonds is 6. The summed E-state index contributed by atoms with van der Waals surface area (Å²) >= 11 is 0. The van der Waals surface area contributed by atoms with Crippen molar-refractivity contribution in [3.63, 3.8) is 0 Å². The molecule has 0 radical (unpaired) electrons. The van der Waals surface area contributed by atoms with Gasteiger partial charge in [-0.2, -0.15) is 13.9 Å². The van der Waals surface area contributed by atoms with E-state index in [2.05, 4.69) is 30.1 Å². The van der Waals surface area contributed by atoms with E-state index in [-0.39, 0.29) is 17.9 Å². The number of nitrogens with zero attached hydrogens (tertiary/aromatic N) is 4. The molecule has 1 saturated heterocycles. The van der Waals surface area contributed by atoms with Gasteiger partial charge in [0.2, 0.25) is 0 Å². The number of carbonyl (C=O) groups is 1. The first-order valence-electron chi connectivity index (χ1n) is 10.7. The van der Waals surface area contributed by atoms with E-state index in [0.717, 1.165) is 0 Å². The smallest absolute Gasteiger partial charge is 0.387 e. The molecule has 0 saturated carbocycles. The summed E-state index contributed by atoms with van der Waals surface area (Å²) < 4.78 is 36.9. The second kappa shape index (κ2) is 8.61. The predicted molar refractivity (Wildman–Crippen MR) is 118 cm³/mol. The van der Waals surface area contributed by atoms with Crippen molar-refractivity contribution in [3.05, 3.63) is 36.2 Å². The largest absolute Gasteiger partial charge is 0.435 e. The molecule has 1 aliphatic heterocycles. The molecule has 34 heavy (non-hydrogen) atoms. The van der Waals surface area contributed by atoms with E-state index in [9.17, 15) is 18.7 Å². The minimum Gasteiger partial charge on any atom is -0.435 e. The van der Waals surface area contributed by atoms with Crippen LogP contribution in [0.15, 0.2) is 30.6 Å². The van der Waals surface area contributed by atoms with Crippen LogP contribution in [0.1, 0.15) is 23.2 Å². The SMILES string of the molecule is Cn1nc(-c2cnc3[nH]cc(C(=O)NC4(CO)CCOCC4)c3n2)c2cc(OC(F)F)ccc21. The fourth-order valence-corrected chi connectivity index (χ4v) is 4.18. The third kappa shape index (κ3) is 3.94. The van der Waals surface area contributed by atoms with Crippen LogP contribution in [0.5, 0.6) is 5.75 Å². The zero-order valence-electron chi connectivity index (χ0n) is 18.2. The molecule has 1 fully saturated rings. The Hall–Kier alpha value is -3.64. The van der Waals surface area contributed by atoms with Crippen LogP contribution in [0.2, 0.25) is 0 Å². The Bertz CT molecular complexity index is 1360. The average Bonchev–Trinajstić information content (AvgIpc) is 3.40. The van der Waals surface area contributed by atoms with E-state index < -0.39 is 18.1 Å². The lowest BCUT2D eigenvalue weighted by atomic mass is 9.90. The van der Waals surface area contributed by atoms with E-state index in [1.807, 2.05) is 0 Å². The van der Waals surface area contributed by atoms with Gasteiger partial charge in [-0.05, 0) is 31.0 Å². The lowest BCUT2D eigenvalue weighted by molar-refractivity contribution is -0.0497. The number of aromatic amines is 1. The minimum atomic E-state index is -2.95. The van der Waals surface area contributed by atoms with Gasteiger partial charge in [-0.25, -0.2) is 9.97 Å². The molecule has 10 nitrogen and oxygen atoms in total. The topological polar surface area (TPSA) is 127 Å². The Kier molecular flexibility index (Phi) is 5.62. The lowest BCUT2D eigenvalue weighted by Gasteiger charge is -2.36. The van der Waals surface area contributed by atoms with Gasteiger partial charge in [0, 0.05) is 31.8 Å². The second-order valence-electron chi connectivity index (χ2n) is 8.19. The minimum absolute atomic E-state index is 0.00161. The molecule has 4 heterocycles. The number of aliphatic hydroxyl groups excluding tert-OH is 1. The van der Waals surface area contributed by atoms with Gasteiger partial charge in [0.1, 0.15) is 22.7 Å². The van der Waals surface area contributed by atoms with Crippen LogP contribution < -0.4 is 10.1 Å². The number of hydrogen-bond acceptors (Lipinski definition) is 7. The van der Waals surface area contributed by atoms with Gasteiger partial charge in [0.05, 0.1) is 29.4 Å². The molecular weight excluding hydrogens is 450 g/mol. The zero-order valence-corrected chi connectivity index (χ0v) is 18.2. The van der Waals surface area contributed by atoms with Crippen molar-refractivity contribution in [1.82, 2.24) is 30.0 Å². The second-order valence-corrected chi connectivity index (χ2v) is 8.19. The maximum absolute atomic E-state index is 13.1. The summed E-state index contributed by atoms with van der Waals surface area (Å²) in [5.41, 5.74) is 1.71. The zero-order chi connectivity index (χ0) is 23.9. The summed E-state index contributed by atoms with van der Waals surface area (Å²) in [6.07, 6.45) is 4.00. The molecule has 0 atom stereocenters. The van der Waals surface area contributed by atoms with Crippen LogP contribution >= 0.6 is 0 Å². The third-order valence-corrected chi connectivity index (χ3v) is 6.05. The molecule has 3 aromatic heterocycles. The van der Waals surface area contributed by atoms with Crippen molar-refractivity contribution in [2.75, 3.05) is 19.8 Å². The Morgan fingerprint density at radius 1 is 1.38 bits per heavy atom. The summed E-state index contributed by atoms with van der Waals surface area (Å²) in [4.78, 5) is 25.0. The molecule has 4 aromatic rings. The highest BCUT2D eigenvalue weighted by Gasteiger charge is 2.34. The van der Waals surface area contributed by atoms with Crippen molar-refractivity contribution in [2.24, 2.45) is 7.05 Å². The van der Waals surface area contributed by atoms with Gasteiger partial charge in [0.15, 0.2) is 5.65 Å². The summed E-state index contributed by atoms with van der Waals surface area (Å²) in [7, 11) is 1.73. The van der Waals surface area contributed by atoms with Gasteiger partial charge in [0.25, 0.3) is 5.91 Å². The first-order valence-corrected chi connectivity index (χ1v) is 10.7. The normalized spacial score (nSPS) is 15.8. The number of nitrogens with one attached hydrogen (secondary N) is 2. The highest BCUT2D eigenvalue weighted by atomic mass is 19.3. The van der Waals surface area contributed by atoms with E-state index >= 15 is 0 Å². The number of ether oxygens (including phenoxy) is 2. The number of halogens is 2. The molecule has 0 spiro atoms. The molecule has 5 rings (SSSR count). The van der Waals surface area contributed by atoms with E-state index in [0.29, 0.717) is 59.5 Å². The highest BCUT2D eigenvalue weighted by Crippen LogP contribution is 2.31. The van der Waals surface area contributed by atoms with Crippen LogP contribution in [0.25, 0.3) is 33.5 Å². The maximum atomic E-state index is 13.1. The molecule has 0 bridgehead atoms. The number of fused-ring (bicyclic) bond motifs is 2. The fourth-order valence-electron chi connectivity index (χ4n) is 4.18. The maximum Gasteiger partial charge on any atom is 0.387 e. The average molecular weight is 472 g/mol. The molecule has 3 N–H and O–H groups in total. The molecular formula is C22H22F2N6O4. The van der Waals surface area contributed by atoms with Crippen LogP contribution in [-0.4, -0.2) is 67.7 Å². The van der Waals surface area contributed by atoms with Crippen LogP contribution in [-0.2, 0) is 11.8 Å². The van der Waals surface area contributed by atoms with Gasteiger partial charge in [-0.15, -0.1) is 0 Å². The number of hydrogen-bond donors (Lipinski definition) is 3. The number of aromatic nitrogens is 5. The highest BCUT2D eigenvalue weighted by molar-refractivity contribution is 6.05. The number of aliphatic hydroxyl groups is 1. The predicted octanol–water partition coefficient (Wildman–Crippen LogP) is 2.38. The van der Waals surface area contributed by atoms with E-state index in [4.69, 9.17) is 4.74 Å². The monoisotopic (exact) mass is 472 g/mol. The standard InChI is InChI=1S/C22H22F2N6O4/c1-30-16-3-2-12(34-21(23)24)8-13(16)17(29-30)15-10-26-19-18(27-15)14(9-25-19)20(32)28-22(11-31)4-6-33-7-5-22/h2-3,8-10,21,31H,4-7,11H2,1H3,(H,25,26)(H,28,32). The van der Waals surface area contributed by atoms with Crippen molar-refractivity contribution in [3.8, 4) is 17.1 Å². The lowest BCUT2D eigenvalue weighted by Crippen LogP contribution is -2.54. The Morgan fingerprint density at radius 2 is 2.18 bits per heavy atom. The summed E-state index contributed by atoms with van der Waals surface area (Å²) in [5, 5.41) is 17.9. The Labute approximate surface area is 191 Å². The number of alkyl halides is 2. The van der Waals surface area contributed by atoms with Crippen molar-refractivity contribution < 1.29 is 28.2 Å². The van der Waals surface area contributed by atoms with Gasteiger partial charge < -0.3 is 24.9 Å². The van der Waals surface area contributed by atoms with Crippen LogP contribution in [0.3, 0.4) is 0 Å². The molecule has 12 heteroatoms. The van der Waals surface area contributed by atoms with Crippen LogP contribution in [0.4, 0.5) is 8.78 Å². The first-order chi connectivity index (χ1) is 16.4. The summed E-state index contributed by atoms with van der Waals surface area (Å²) in [6.45, 7) is -2.26. The molecule has 1 aliphatic rings. The number of carbonyl (C=O) groups excluding carboxylic acids is 1. The van der Waals surface area contributed by atoms with Gasteiger partial charge in [-0.1, -0.05) is 0 Å². The molecule has 0 aliphatic carbocycles. The third-order valence-electron chi connectivity index (χ3n) is 6.05. The fraction of sp³-hybridized carbons (Fsp3) is 0.364. The Balaban J connectivity index is 1.53.